The lowest BCUT2D eigenvalue weighted by atomic mass is 10.2. The molecule has 0 fully saturated rings. The summed E-state index contributed by atoms with van der Waals surface area (Å²) in [5.41, 5.74) is 1.14. The van der Waals surface area contributed by atoms with Crippen LogP contribution in [0.4, 0.5) is 0 Å². The Morgan fingerprint density at radius 3 is 2.50 bits per heavy atom. The van der Waals surface area contributed by atoms with Crippen LogP contribution in [0.5, 0.6) is 11.5 Å². The highest BCUT2D eigenvalue weighted by Crippen LogP contribution is 2.41. The van der Waals surface area contributed by atoms with Crippen LogP contribution >= 0.6 is 15.9 Å². The number of methoxy groups -OCH3 is 3. The van der Waals surface area contributed by atoms with E-state index in [1.54, 1.807) is 26.4 Å². The summed E-state index contributed by atoms with van der Waals surface area (Å²) in [7, 11) is 4.45. The van der Waals surface area contributed by atoms with Gasteiger partial charge in [-0.1, -0.05) is 0 Å². The third-order valence-electron chi connectivity index (χ3n) is 2.61. The van der Waals surface area contributed by atoms with E-state index in [1.165, 1.54) is 7.11 Å². The molecule has 5 nitrogen and oxygen atoms in total. The summed E-state index contributed by atoms with van der Waals surface area (Å²) in [4.78, 5) is 14.5. The van der Waals surface area contributed by atoms with Crippen molar-refractivity contribution < 1.29 is 19.0 Å². The number of carbonyl (C=O) groups excluding carboxylic acids is 1. The number of hydrogen-bond donors (Lipinski definition) is 1. The summed E-state index contributed by atoms with van der Waals surface area (Å²) in [5, 5.41) is 0.833. The van der Waals surface area contributed by atoms with Gasteiger partial charge in [-0.05, 0) is 28.1 Å². The molecule has 0 bridgehead atoms. The predicted molar refractivity (Wildman–Crippen MR) is 70.4 cm³/mol. The molecule has 0 saturated carbocycles. The molecule has 0 spiro atoms. The number of rotatable bonds is 3. The summed E-state index contributed by atoms with van der Waals surface area (Å²) in [6, 6.07) is 3.50. The van der Waals surface area contributed by atoms with Crippen LogP contribution in [0, 0.1) is 0 Å². The van der Waals surface area contributed by atoms with E-state index in [0.717, 1.165) is 10.9 Å². The Kier molecular flexibility index (Phi) is 3.47. The Bertz CT molecular complexity index is 606. The second-order valence-corrected chi connectivity index (χ2v) is 4.36. The fraction of sp³-hybridized carbons (Fsp3) is 0.250. The van der Waals surface area contributed by atoms with Gasteiger partial charge < -0.3 is 19.2 Å². The maximum absolute atomic E-state index is 11.5. The molecule has 0 radical (unpaired) electrons. The fourth-order valence-corrected chi connectivity index (χ4v) is 2.44. The summed E-state index contributed by atoms with van der Waals surface area (Å²) in [5.74, 6) is 0.742. The first-order chi connectivity index (χ1) is 8.62. The van der Waals surface area contributed by atoms with Crippen molar-refractivity contribution in [2.45, 2.75) is 0 Å². The Morgan fingerprint density at radius 1 is 1.22 bits per heavy atom. The number of hydrogen-bond acceptors (Lipinski definition) is 4. The Balaban J connectivity index is 2.69. The van der Waals surface area contributed by atoms with Gasteiger partial charge in [-0.15, -0.1) is 0 Å². The van der Waals surface area contributed by atoms with Crippen LogP contribution in [0.15, 0.2) is 16.6 Å². The maximum atomic E-state index is 11.5. The van der Waals surface area contributed by atoms with Gasteiger partial charge in [0.2, 0.25) is 0 Å². The molecule has 0 aliphatic heterocycles. The molecule has 1 aromatic carbocycles. The number of nitrogens with one attached hydrogen (secondary N) is 1. The normalized spacial score (nSPS) is 10.4. The molecule has 1 aromatic heterocycles. The molecule has 0 aliphatic rings. The minimum absolute atomic E-state index is 0.378. The van der Waals surface area contributed by atoms with Gasteiger partial charge in [-0.25, -0.2) is 4.79 Å². The van der Waals surface area contributed by atoms with Crippen LogP contribution in [0.1, 0.15) is 10.5 Å². The van der Waals surface area contributed by atoms with Crippen molar-refractivity contribution in [1.82, 2.24) is 4.98 Å². The lowest BCUT2D eigenvalue weighted by Crippen LogP contribution is -2.00. The molecule has 1 N–H and O–H groups in total. The van der Waals surface area contributed by atoms with Crippen molar-refractivity contribution in [2.75, 3.05) is 21.3 Å². The minimum atomic E-state index is -0.420. The Labute approximate surface area is 112 Å². The number of benzene rings is 1. The van der Waals surface area contributed by atoms with E-state index < -0.39 is 5.97 Å². The van der Waals surface area contributed by atoms with Crippen molar-refractivity contribution in [1.29, 1.82) is 0 Å². The van der Waals surface area contributed by atoms with Crippen molar-refractivity contribution in [3.8, 4) is 11.5 Å². The molecule has 1 heterocycles. The number of halogens is 1. The highest BCUT2D eigenvalue weighted by atomic mass is 79.9. The van der Waals surface area contributed by atoms with Crippen molar-refractivity contribution in [2.24, 2.45) is 0 Å². The Morgan fingerprint density at radius 2 is 1.94 bits per heavy atom. The molecule has 2 rings (SSSR count). The minimum Gasteiger partial charge on any atom is -0.493 e. The number of aromatic amines is 1. The van der Waals surface area contributed by atoms with E-state index in [-0.39, 0.29) is 0 Å². The molecule has 2 aromatic rings. The zero-order valence-electron chi connectivity index (χ0n) is 10.2. The second-order valence-electron chi connectivity index (χ2n) is 3.56. The third-order valence-corrected chi connectivity index (χ3v) is 3.36. The van der Waals surface area contributed by atoms with Gasteiger partial charge in [-0.3, -0.25) is 0 Å². The standard InChI is InChI=1S/C12H12BrNO4/c1-16-8-5-6-4-7(12(15)18-3)14-10(6)9(13)11(8)17-2/h4-5,14H,1-3H3. The summed E-state index contributed by atoms with van der Waals surface area (Å²) in [6.07, 6.45) is 0. The molecule has 6 heteroatoms. The quantitative estimate of drug-likeness (QED) is 0.885. The fourth-order valence-electron chi connectivity index (χ4n) is 1.76. The maximum Gasteiger partial charge on any atom is 0.354 e. The molecule has 0 saturated heterocycles. The molecule has 96 valence electrons. The van der Waals surface area contributed by atoms with Gasteiger partial charge in [0.15, 0.2) is 11.5 Å². The van der Waals surface area contributed by atoms with Gasteiger partial charge in [0.1, 0.15) is 5.69 Å². The monoisotopic (exact) mass is 313 g/mol. The number of ether oxygens (including phenoxy) is 3. The zero-order chi connectivity index (χ0) is 13.3. The highest BCUT2D eigenvalue weighted by molar-refractivity contribution is 9.10. The van der Waals surface area contributed by atoms with Gasteiger partial charge >= 0.3 is 5.97 Å². The summed E-state index contributed by atoms with van der Waals surface area (Å²) >= 11 is 3.43. The predicted octanol–water partition coefficient (Wildman–Crippen LogP) is 2.73. The van der Waals surface area contributed by atoms with Gasteiger partial charge in [-0.2, -0.15) is 0 Å². The second kappa shape index (κ2) is 4.89. The van der Waals surface area contributed by atoms with Crippen LogP contribution in [0.3, 0.4) is 0 Å². The number of carbonyl (C=O) groups is 1. The van der Waals surface area contributed by atoms with Crippen LogP contribution in [-0.2, 0) is 4.74 Å². The van der Waals surface area contributed by atoms with E-state index in [4.69, 9.17) is 9.47 Å². The lowest BCUT2D eigenvalue weighted by molar-refractivity contribution is 0.0595. The zero-order valence-corrected chi connectivity index (χ0v) is 11.8. The topological polar surface area (TPSA) is 60.6 Å². The van der Waals surface area contributed by atoms with Crippen LogP contribution in [0.2, 0.25) is 0 Å². The lowest BCUT2D eigenvalue weighted by Gasteiger charge is -2.09. The molecule has 0 unspecified atom stereocenters. The van der Waals surface area contributed by atoms with Gasteiger partial charge in [0.05, 0.1) is 31.3 Å². The number of fused-ring (bicyclic) bond motifs is 1. The van der Waals surface area contributed by atoms with E-state index in [1.807, 2.05) is 0 Å². The van der Waals surface area contributed by atoms with Crippen molar-refractivity contribution in [3.63, 3.8) is 0 Å². The molecule has 0 amide bonds. The highest BCUT2D eigenvalue weighted by Gasteiger charge is 2.17. The van der Waals surface area contributed by atoms with Crippen molar-refractivity contribution >= 4 is 32.8 Å². The smallest absolute Gasteiger partial charge is 0.354 e. The summed E-state index contributed by atoms with van der Waals surface area (Å²) in [6.45, 7) is 0. The van der Waals surface area contributed by atoms with E-state index in [9.17, 15) is 4.79 Å². The molecular weight excluding hydrogens is 302 g/mol. The first-order valence-corrected chi connectivity index (χ1v) is 5.93. The van der Waals surface area contributed by atoms with E-state index in [2.05, 4.69) is 25.7 Å². The number of esters is 1. The van der Waals surface area contributed by atoms with Crippen LogP contribution in [0.25, 0.3) is 10.9 Å². The first-order valence-electron chi connectivity index (χ1n) is 5.13. The molecule has 0 aliphatic carbocycles. The first kappa shape index (κ1) is 12.8. The van der Waals surface area contributed by atoms with E-state index in [0.29, 0.717) is 21.7 Å². The third kappa shape index (κ3) is 1.92. The summed E-state index contributed by atoms with van der Waals surface area (Å²) < 4.78 is 15.9. The number of aromatic nitrogens is 1. The largest absolute Gasteiger partial charge is 0.493 e. The molecular formula is C12H12BrNO4. The van der Waals surface area contributed by atoms with Gasteiger partial charge in [0, 0.05) is 5.39 Å². The van der Waals surface area contributed by atoms with E-state index >= 15 is 0 Å². The van der Waals surface area contributed by atoms with Gasteiger partial charge in [0.25, 0.3) is 0 Å². The number of H-pyrrole nitrogens is 1. The average molecular weight is 314 g/mol. The SMILES string of the molecule is COC(=O)c1cc2cc(OC)c(OC)c(Br)c2[nH]1. The molecule has 18 heavy (non-hydrogen) atoms. The van der Waals surface area contributed by atoms with Crippen molar-refractivity contribution in [3.05, 3.63) is 22.3 Å². The molecule has 0 atom stereocenters. The van der Waals surface area contributed by atoms with Crippen LogP contribution in [-0.4, -0.2) is 32.3 Å². The average Bonchev–Trinajstić information content (AvgIpc) is 2.81. The van der Waals surface area contributed by atoms with Crippen LogP contribution < -0.4 is 9.47 Å². The Hall–Kier alpha value is -1.69.